The summed E-state index contributed by atoms with van der Waals surface area (Å²) >= 11 is 0. The van der Waals surface area contributed by atoms with E-state index in [1.807, 2.05) is 0 Å². The minimum absolute atomic E-state index is 0. The van der Waals surface area contributed by atoms with Crippen LogP contribution in [0.4, 0.5) is 10.1 Å². The monoisotopic (exact) mass is 337 g/mol. The highest BCUT2D eigenvalue weighted by Crippen LogP contribution is 2.32. The number of hydrogen-bond donors (Lipinski definition) is 2. The van der Waals surface area contributed by atoms with Crippen molar-refractivity contribution in [1.82, 2.24) is 4.57 Å². The van der Waals surface area contributed by atoms with Crippen molar-refractivity contribution in [2.24, 2.45) is 5.73 Å². The molecule has 0 unspecified atom stereocenters. The van der Waals surface area contributed by atoms with Gasteiger partial charge in [-0.05, 0) is 42.7 Å². The molecule has 3 rings (SSSR count). The second kappa shape index (κ2) is 6.52. The van der Waals surface area contributed by atoms with Crippen LogP contribution in [-0.4, -0.2) is 16.0 Å². The average molecular weight is 338 g/mol. The minimum atomic E-state index is -0.829. The summed E-state index contributed by atoms with van der Waals surface area (Å²) in [6.45, 7) is 0.302. The fraction of sp³-hybridized carbons (Fsp3) is 0.250. The van der Waals surface area contributed by atoms with Crippen LogP contribution in [0.15, 0.2) is 47.4 Å². The van der Waals surface area contributed by atoms with E-state index in [2.05, 4.69) is 5.32 Å². The molecule has 0 bridgehead atoms. The molecule has 7 heteroatoms. The van der Waals surface area contributed by atoms with Crippen LogP contribution < -0.4 is 16.6 Å². The maximum absolute atomic E-state index is 12.9. The van der Waals surface area contributed by atoms with Crippen molar-refractivity contribution in [2.45, 2.75) is 24.9 Å². The van der Waals surface area contributed by atoms with Gasteiger partial charge in [0.05, 0.1) is 12.1 Å². The molecule has 0 atom stereocenters. The number of halogens is 2. The highest BCUT2D eigenvalue weighted by molar-refractivity contribution is 5.99. The number of carbonyl (C=O) groups is 1. The van der Waals surface area contributed by atoms with Crippen LogP contribution in [-0.2, 0) is 11.3 Å². The SMILES string of the molecule is Cl.NC1(C(=O)Nc2cccn(Cc3ccc(F)cc3)c2=O)CC1. The molecular formula is C16H17ClFN3O2. The van der Waals surface area contributed by atoms with Gasteiger partial charge in [0.15, 0.2) is 0 Å². The zero-order valence-corrected chi connectivity index (χ0v) is 13.1. The Hall–Kier alpha value is -2.18. The van der Waals surface area contributed by atoms with Crippen LogP contribution in [0.3, 0.4) is 0 Å². The van der Waals surface area contributed by atoms with E-state index in [-0.39, 0.29) is 35.4 Å². The summed E-state index contributed by atoms with van der Waals surface area (Å²) in [4.78, 5) is 24.3. The number of anilines is 1. The Morgan fingerprint density at radius 3 is 2.52 bits per heavy atom. The summed E-state index contributed by atoms with van der Waals surface area (Å²) in [6, 6.07) is 9.15. The maximum atomic E-state index is 12.9. The first-order chi connectivity index (χ1) is 10.5. The van der Waals surface area contributed by atoms with Crippen molar-refractivity contribution >= 4 is 24.0 Å². The van der Waals surface area contributed by atoms with Gasteiger partial charge in [-0.3, -0.25) is 9.59 Å². The molecule has 1 saturated carbocycles. The van der Waals surface area contributed by atoms with E-state index in [9.17, 15) is 14.0 Å². The molecule has 1 aromatic heterocycles. The molecule has 0 aliphatic heterocycles. The van der Waals surface area contributed by atoms with Crippen LogP contribution >= 0.6 is 12.4 Å². The van der Waals surface area contributed by atoms with Crippen LogP contribution in [0.5, 0.6) is 0 Å². The van der Waals surface area contributed by atoms with Crippen molar-refractivity contribution in [3.05, 3.63) is 64.3 Å². The van der Waals surface area contributed by atoms with Crippen molar-refractivity contribution in [3.8, 4) is 0 Å². The molecule has 1 heterocycles. The number of rotatable bonds is 4. The van der Waals surface area contributed by atoms with Gasteiger partial charge >= 0.3 is 0 Å². The third-order valence-electron chi connectivity index (χ3n) is 3.78. The first-order valence-electron chi connectivity index (χ1n) is 7.02. The molecule has 1 aliphatic rings. The van der Waals surface area contributed by atoms with Crippen LogP contribution in [0.25, 0.3) is 0 Å². The zero-order valence-electron chi connectivity index (χ0n) is 12.3. The van der Waals surface area contributed by atoms with Gasteiger partial charge in [0, 0.05) is 6.20 Å². The molecule has 1 aromatic carbocycles. The smallest absolute Gasteiger partial charge is 0.274 e. The van der Waals surface area contributed by atoms with Gasteiger partial charge < -0.3 is 15.6 Å². The van der Waals surface area contributed by atoms with Gasteiger partial charge in [0.1, 0.15) is 11.5 Å². The van der Waals surface area contributed by atoms with E-state index in [1.54, 1.807) is 30.5 Å². The second-order valence-electron chi connectivity index (χ2n) is 5.59. The quantitative estimate of drug-likeness (QED) is 0.894. The lowest BCUT2D eigenvalue weighted by molar-refractivity contribution is -0.118. The molecule has 1 amide bonds. The molecule has 1 fully saturated rings. The molecule has 122 valence electrons. The Bertz CT molecular complexity index is 770. The van der Waals surface area contributed by atoms with Gasteiger partial charge in [-0.15, -0.1) is 12.4 Å². The molecule has 3 N–H and O–H groups in total. The van der Waals surface area contributed by atoms with E-state index in [0.717, 1.165) is 5.56 Å². The standard InChI is InChI=1S/C16H16FN3O2.ClH/c17-12-5-3-11(4-6-12)10-20-9-1-2-13(14(20)21)19-15(22)16(18)7-8-16;/h1-6,9H,7-8,10,18H2,(H,19,22);1H. The molecule has 0 radical (unpaired) electrons. The number of nitrogens with zero attached hydrogens (tertiary/aromatic N) is 1. The normalized spacial score (nSPS) is 14.7. The van der Waals surface area contributed by atoms with Gasteiger partial charge in [-0.2, -0.15) is 0 Å². The largest absolute Gasteiger partial charge is 0.320 e. The number of benzene rings is 1. The number of amides is 1. The molecule has 5 nitrogen and oxygen atoms in total. The van der Waals surface area contributed by atoms with Gasteiger partial charge in [0.25, 0.3) is 5.56 Å². The Morgan fingerprint density at radius 1 is 1.26 bits per heavy atom. The number of nitrogens with two attached hydrogens (primary N) is 1. The number of carbonyl (C=O) groups excluding carboxylic acids is 1. The molecule has 1 aliphatic carbocycles. The van der Waals surface area contributed by atoms with Crippen molar-refractivity contribution in [3.63, 3.8) is 0 Å². The average Bonchev–Trinajstić information content (AvgIpc) is 3.25. The third-order valence-corrected chi connectivity index (χ3v) is 3.78. The molecule has 0 saturated heterocycles. The van der Waals surface area contributed by atoms with E-state index in [4.69, 9.17) is 5.73 Å². The number of hydrogen-bond acceptors (Lipinski definition) is 3. The Balaban J connectivity index is 0.00000192. The summed E-state index contributed by atoms with van der Waals surface area (Å²) in [5.41, 5.74) is 5.66. The number of pyridine rings is 1. The molecule has 23 heavy (non-hydrogen) atoms. The second-order valence-corrected chi connectivity index (χ2v) is 5.59. The van der Waals surface area contributed by atoms with Gasteiger partial charge in [0.2, 0.25) is 5.91 Å². The third kappa shape index (κ3) is 3.78. The fourth-order valence-corrected chi connectivity index (χ4v) is 2.15. The van der Waals surface area contributed by atoms with Crippen LogP contribution in [0.2, 0.25) is 0 Å². The maximum Gasteiger partial charge on any atom is 0.274 e. The summed E-state index contributed by atoms with van der Waals surface area (Å²) in [7, 11) is 0. The lowest BCUT2D eigenvalue weighted by Crippen LogP contribution is -2.39. The van der Waals surface area contributed by atoms with Crippen molar-refractivity contribution < 1.29 is 9.18 Å². The zero-order chi connectivity index (χ0) is 15.7. The van der Waals surface area contributed by atoms with Gasteiger partial charge in [-0.1, -0.05) is 12.1 Å². The number of nitrogens with one attached hydrogen (secondary N) is 1. The fourth-order valence-electron chi connectivity index (χ4n) is 2.15. The topological polar surface area (TPSA) is 77.1 Å². The first-order valence-corrected chi connectivity index (χ1v) is 7.02. The Labute approximate surface area is 138 Å². The number of aromatic nitrogens is 1. The minimum Gasteiger partial charge on any atom is -0.320 e. The summed E-state index contributed by atoms with van der Waals surface area (Å²) in [5.74, 6) is -0.654. The predicted octanol–water partition coefficient (Wildman–Crippen LogP) is 1.89. The predicted molar refractivity (Wildman–Crippen MR) is 88.2 cm³/mol. The van der Waals surface area contributed by atoms with E-state index >= 15 is 0 Å². The van der Waals surface area contributed by atoms with Crippen molar-refractivity contribution in [1.29, 1.82) is 0 Å². The first kappa shape index (κ1) is 17.2. The lowest BCUT2D eigenvalue weighted by Gasteiger charge is -2.12. The summed E-state index contributed by atoms with van der Waals surface area (Å²) < 4.78 is 14.4. The Morgan fingerprint density at radius 2 is 1.91 bits per heavy atom. The van der Waals surface area contributed by atoms with E-state index < -0.39 is 5.54 Å². The summed E-state index contributed by atoms with van der Waals surface area (Å²) in [5, 5.41) is 2.59. The Kier molecular flexibility index (Phi) is 4.87. The highest BCUT2D eigenvalue weighted by Gasteiger charge is 2.46. The van der Waals surface area contributed by atoms with Crippen LogP contribution in [0.1, 0.15) is 18.4 Å². The summed E-state index contributed by atoms with van der Waals surface area (Å²) in [6.07, 6.45) is 2.89. The molecule has 2 aromatic rings. The molecule has 0 spiro atoms. The van der Waals surface area contributed by atoms with Crippen molar-refractivity contribution in [2.75, 3.05) is 5.32 Å². The lowest BCUT2D eigenvalue weighted by atomic mass is 10.2. The van der Waals surface area contributed by atoms with E-state index in [1.165, 1.54) is 16.7 Å². The van der Waals surface area contributed by atoms with E-state index in [0.29, 0.717) is 19.4 Å². The highest BCUT2D eigenvalue weighted by atomic mass is 35.5. The molecular weight excluding hydrogens is 321 g/mol. The van der Waals surface area contributed by atoms with Crippen LogP contribution in [0, 0.1) is 5.82 Å². The van der Waals surface area contributed by atoms with Gasteiger partial charge in [-0.25, -0.2) is 4.39 Å².